The molecule has 32 heavy (non-hydrogen) atoms. The molecule has 166 valence electrons. The number of rotatable bonds is 4. The van der Waals surface area contributed by atoms with Crippen LogP contribution in [-0.4, -0.2) is 35.8 Å². The van der Waals surface area contributed by atoms with E-state index in [1.807, 2.05) is 36.5 Å². The van der Waals surface area contributed by atoms with Crippen molar-refractivity contribution < 1.29 is 9.18 Å². The van der Waals surface area contributed by atoms with E-state index in [1.165, 1.54) is 11.6 Å². The van der Waals surface area contributed by atoms with E-state index in [0.29, 0.717) is 23.1 Å². The molecule has 3 nitrogen and oxygen atoms in total. The van der Waals surface area contributed by atoms with Crippen molar-refractivity contribution in [2.45, 2.75) is 38.0 Å². The molecule has 1 spiro atoms. The minimum absolute atomic E-state index is 0.0445. The van der Waals surface area contributed by atoms with Gasteiger partial charge >= 0.3 is 0 Å². The van der Waals surface area contributed by atoms with Crippen molar-refractivity contribution >= 4 is 28.3 Å². The number of fused-ring (bicyclic) bond motifs is 1. The van der Waals surface area contributed by atoms with E-state index >= 15 is 0 Å². The average molecular weight is 451 g/mol. The van der Waals surface area contributed by atoms with Crippen molar-refractivity contribution in [3.05, 3.63) is 76.7 Å². The predicted molar refractivity (Wildman–Crippen MR) is 126 cm³/mol. The lowest BCUT2D eigenvalue weighted by molar-refractivity contribution is -0.125. The molecule has 1 atom stereocenters. The molecular weight excluding hydrogens is 423 g/mol. The number of pyridine rings is 1. The Kier molecular flexibility index (Phi) is 5.77. The smallest absolute Gasteiger partial charge is 0.142 e. The molecule has 3 aromatic rings. The number of carbonyl (C=O) groups excluding carboxylic acids is 1. The fraction of sp³-hybridized carbons (Fsp3) is 0.407. The molecule has 1 unspecified atom stereocenters. The number of benzene rings is 2. The van der Waals surface area contributed by atoms with E-state index in [-0.39, 0.29) is 17.2 Å². The zero-order valence-corrected chi connectivity index (χ0v) is 19.1. The summed E-state index contributed by atoms with van der Waals surface area (Å²) in [5, 5.41) is 1.62. The standard InChI is InChI=1S/C27H28ClFN2O/c1-31-16-24(26(32)14-18-2-4-20(28)5-3-18)27(17-31)11-8-19(9-12-27)22-10-13-30-25-7-6-21(29)15-23(22)25/h2-7,10,13,15,19,24H,8-9,11-12,14,16-17H2,1H3. The summed E-state index contributed by atoms with van der Waals surface area (Å²) in [7, 11) is 2.13. The van der Waals surface area contributed by atoms with Gasteiger partial charge < -0.3 is 4.90 Å². The van der Waals surface area contributed by atoms with Gasteiger partial charge in [-0.25, -0.2) is 4.39 Å². The predicted octanol–water partition coefficient (Wildman–Crippen LogP) is 6.04. The van der Waals surface area contributed by atoms with Crippen molar-refractivity contribution in [3.63, 3.8) is 0 Å². The molecule has 1 aliphatic carbocycles. The summed E-state index contributed by atoms with van der Waals surface area (Å²) < 4.78 is 13.9. The zero-order chi connectivity index (χ0) is 22.3. The van der Waals surface area contributed by atoms with Crippen LogP contribution in [0, 0.1) is 17.2 Å². The summed E-state index contributed by atoms with van der Waals surface area (Å²) in [5.41, 5.74) is 3.12. The first-order valence-corrected chi connectivity index (χ1v) is 11.8. The number of aromatic nitrogens is 1. The molecule has 0 amide bonds. The Morgan fingerprint density at radius 1 is 1.16 bits per heavy atom. The maximum absolute atomic E-state index is 13.9. The van der Waals surface area contributed by atoms with Crippen LogP contribution in [-0.2, 0) is 11.2 Å². The highest BCUT2D eigenvalue weighted by Crippen LogP contribution is 2.51. The van der Waals surface area contributed by atoms with Gasteiger partial charge in [0.15, 0.2) is 0 Å². The van der Waals surface area contributed by atoms with Gasteiger partial charge in [0, 0.05) is 42.0 Å². The molecule has 0 N–H and O–H groups in total. The van der Waals surface area contributed by atoms with Crippen LogP contribution in [0.15, 0.2) is 54.7 Å². The second-order valence-electron chi connectivity index (χ2n) is 9.72. The van der Waals surface area contributed by atoms with Gasteiger partial charge in [-0.1, -0.05) is 23.7 Å². The lowest BCUT2D eigenvalue weighted by Gasteiger charge is -2.41. The van der Waals surface area contributed by atoms with Gasteiger partial charge in [0.1, 0.15) is 11.6 Å². The third-order valence-corrected chi connectivity index (χ3v) is 7.91. The minimum Gasteiger partial charge on any atom is -0.305 e. The Bertz CT molecular complexity index is 1140. The Hall–Kier alpha value is -2.30. The Morgan fingerprint density at radius 3 is 2.66 bits per heavy atom. The minimum atomic E-state index is -0.218. The number of halogens is 2. The topological polar surface area (TPSA) is 33.2 Å². The summed E-state index contributed by atoms with van der Waals surface area (Å²) in [6.07, 6.45) is 6.40. The summed E-state index contributed by atoms with van der Waals surface area (Å²) in [5.74, 6) is 0.567. The van der Waals surface area contributed by atoms with Crippen LogP contribution in [0.5, 0.6) is 0 Å². The third kappa shape index (κ3) is 4.06. The summed E-state index contributed by atoms with van der Waals surface area (Å²) in [6, 6.07) is 14.5. The second kappa shape index (κ2) is 8.57. The van der Waals surface area contributed by atoms with Crippen molar-refractivity contribution in [1.29, 1.82) is 0 Å². The van der Waals surface area contributed by atoms with Gasteiger partial charge in [-0.15, -0.1) is 0 Å². The van der Waals surface area contributed by atoms with Crippen LogP contribution >= 0.6 is 11.6 Å². The van der Waals surface area contributed by atoms with Crippen LogP contribution in [0.3, 0.4) is 0 Å². The van der Waals surface area contributed by atoms with Gasteiger partial charge in [0.2, 0.25) is 0 Å². The normalized spacial score (nSPS) is 26.1. The lowest BCUT2D eigenvalue weighted by Crippen LogP contribution is -2.38. The maximum Gasteiger partial charge on any atom is 0.142 e. The molecule has 5 heteroatoms. The van der Waals surface area contributed by atoms with Crippen molar-refractivity contribution in [1.82, 2.24) is 9.88 Å². The first kappa shape index (κ1) is 21.5. The van der Waals surface area contributed by atoms with Gasteiger partial charge in [0.05, 0.1) is 5.52 Å². The van der Waals surface area contributed by atoms with Gasteiger partial charge in [0.25, 0.3) is 0 Å². The number of likely N-dealkylation sites (tertiary alicyclic amines) is 1. The number of hydrogen-bond acceptors (Lipinski definition) is 3. The molecule has 2 fully saturated rings. The summed E-state index contributed by atoms with van der Waals surface area (Å²) in [4.78, 5) is 20.1. The van der Waals surface area contributed by atoms with E-state index in [4.69, 9.17) is 11.6 Å². The van der Waals surface area contributed by atoms with E-state index in [1.54, 1.807) is 12.1 Å². The molecule has 2 aliphatic rings. The highest BCUT2D eigenvalue weighted by atomic mass is 35.5. The average Bonchev–Trinajstić information content (AvgIpc) is 3.11. The molecule has 1 saturated heterocycles. The van der Waals surface area contributed by atoms with E-state index in [2.05, 4.69) is 16.9 Å². The van der Waals surface area contributed by atoms with E-state index in [9.17, 15) is 9.18 Å². The first-order chi connectivity index (χ1) is 15.4. The molecule has 2 aromatic carbocycles. The van der Waals surface area contributed by atoms with Crippen molar-refractivity contribution in [2.75, 3.05) is 20.1 Å². The van der Waals surface area contributed by atoms with Gasteiger partial charge in [-0.05, 0) is 91.6 Å². The fourth-order valence-corrected chi connectivity index (χ4v) is 6.22. The lowest BCUT2D eigenvalue weighted by atomic mass is 9.62. The van der Waals surface area contributed by atoms with E-state index in [0.717, 1.165) is 55.2 Å². The summed E-state index contributed by atoms with van der Waals surface area (Å²) in [6.45, 7) is 1.81. The Labute approximate surface area is 193 Å². The molecule has 5 rings (SSSR count). The van der Waals surface area contributed by atoms with Crippen LogP contribution in [0.1, 0.15) is 42.7 Å². The maximum atomic E-state index is 13.9. The largest absolute Gasteiger partial charge is 0.305 e. The number of nitrogens with zero attached hydrogens (tertiary/aromatic N) is 2. The van der Waals surface area contributed by atoms with Gasteiger partial charge in [-0.2, -0.15) is 0 Å². The van der Waals surface area contributed by atoms with Crippen molar-refractivity contribution in [2.24, 2.45) is 11.3 Å². The van der Waals surface area contributed by atoms with Crippen LogP contribution < -0.4 is 0 Å². The van der Waals surface area contributed by atoms with Crippen LogP contribution in [0.2, 0.25) is 5.02 Å². The molecule has 1 saturated carbocycles. The van der Waals surface area contributed by atoms with Gasteiger partial charge in [-0.3, -0.25) is 9.78 Å². The summed E-state index contributed by atoms with van der Waals surface area (Å²) >= 11 is 6.00. The van der Waals surface area contributed by atoms with E-state index < -0.39 is 0 Å². The number of Topliss-reactive ketones (excluding diaryl/α,β-unsaturated/α-hetero) is 1. The number of ketones is 1. The molecule has 1 aromatic heterocycles. The van der Waals surface area contributed by atoms with Crippen LogP contribution in [0.25, 0.3) is 10.9 Å². The number of hydrogen-bond donors (Lipinski definition) is 0. The number of carbonyl (C=O) groups is 1. The highest BCUT2D eigenvalue weighted by molar-refractivity contribution is 6.30. The Morgan fingerprint density at radius 2 is 1.91 bits per heavy atom. The zero-order valence-electron chi connectivity index (χ0n) is 18.4. The fourth-order valence-electron chi connectivity index (χ4n) is 6.09. The molecule has 2 heterocycles. The monoisotopic (exact) mass is 450 g/mol. The van der Waals surface area contributed by atoms with Crippen molar-refractivity contribution in [3.8, 4) is 0 Å². The second-order valence-corrected chi connectivity index (χ2v) is 10.2. The molecule has 0 radical (unpaired) electrons. The SMILES string of the molecule is CN1CC(C(=O)Cc2ccc(Cl)cc2)C2(CCC(c3ccnc4ccc(F)cc34)CC2)C1. The Balaban J connectivity index is 1.34. The first-order valence-electron chi connectivity index (χ1n) is 11.4. The molecule has 1 aliphatic heterocycles. The third-order valence-electron chi connectivity index (χ3n) is 7.66. The highest BCUT2D eigenvalue weighted by Gasteiger charge is 2.50. The van der Waals surface area contributed by atoms with Crippen LogP contribution in [0.4, 0.5) is 4.39 Å². The molecule has 0 bridgehead atoms. The quantitative estimate of drug-likeness (QED) is 0.485. The molecular formula is C27H28ClFN2O.